The van der Waals surface area contributed by atoms with Gasteiger partial charge in [0.15, 0.2) is 0 Å². The molecule has 0 atom stereocenters. The number of halogens is 1. The third kappa shape index (κ3) is 3.95. The first kappa shape index (κ1) is 21.2. The molecule has 1 aliphatic rings. The van der Waals surface area contributed by atoms with Crippen LogP contribution in [0.2, 0.25) is 0 Å². The molecule has 2 aromatic carbocycles. The van der Waals surface area contributed by atoms with Crippen LogP contribution in [0.25, 0.3) is 17.4 Å². The Balaban J connectivity index is 1.69. The number of barbiturate groups is 1. The SMILES string of the molecule is Cc1ccc([N+](=O)[O-])cc1-c1ccc(/C=C2\C(=O)NC(=O)N(c3ccc(Br)cc3)C2=O)o1. The first-order valence-corrected chi connectivity index (χ1v) is 10.1. The van der Waals surface area contributed by atoms with Crippen molar-refractivity contribution in [2.24, 2.45) is 0 Å². The van der Waals surface area contributed by atoms with Crippen LogP contribution in [0, 0.1) is 17.0 Å². The van der Waals surface area contributed by atoms with E-state index < -0.39 is 22.8 Å². The Kier molecular flexibility index (Phi) is 5.45. The molecule has 2 heterocycles. The highest BCUT2D eigenvalue weighted by Crippen LogP contribution is 2.30. The second-order valence-corrected chi connectivity index (χ2v) is 7.81. The summed E-state index contributed by atoms with van der Waals surface area (Å²) in [4.78, 5) is 49.0. The maximum Gasteiger partial charge on any atom is 0.335 e. The van der Waals surface area contributed by atoms with Gasteiger partial charge in [0.25, 0.3) is 17.5 Å². The highest BCUT2D eigenvalue weighted by molar-refractivity contribution is 9.10. The predicted octanol–water partition coefficient (Wildman–Crippen LogP) is 4.59. The van der Waals surface area contributed by atoms with Crippen LogP contribution in [0.1, 0.15) is 11.3 Å². The summed E-state index contributed by atoms with van der Waals surface area (Å²) >= 11 is 3.29. The molecule has 3 aromatic rings. The molecule has 1 saturated heterocycles. The van der Waals surface area contributed by atoms with Crippen molar-refractivity contribution in [1.29, 1.82) is 0 Å². The Morgan fingerprint density at radius 2 is 1.78 bits per heavy atom. The smallest absolute Gasteiger partial charge is 0.335 e. The number of furan rings is 1. The summed E-state index contributed by atoms with van der Waals surface area (Å²) in [7, 11) is 0. The molecule has 0 radical (unpaired) electrons. The molecule has 1 fully saturated rings. The van der Waals surface area contributed by atoms with Gasteiger partial charge in [-0.25, -0.2) is 9.69 Å². The van der Waals surface area contributed by atoms with E-state index in [0.717, 1.165) is 14.9 Å². The monoisotopic (exact) mass is 495 g/mol. The van der Waals surface area contributed by atoms with Crippen molar-refractivity contribution in [3.63, 3.8) is 0 Å². The maximum atomic E-state index is 12.9. The Morgan fingerprint density at radius 3 is 2.47 bits per heavy atom. The van der Waals surface area contributed by atoms with Gasteiger partial charge in [0.1, 0.15) is 17.1 Å². The van der Waals surface area contributed by atoms with E-state index in [-0.39, 0.29) is 17.0 Å². The van der Waals surface area contributed by atoms with Gasteiger partial charge in [0.2, 0.25) is 0 Å². The first-order chi connectivity index (χ1) is 15.2. The van der Waals surface area contributed by atoms with E-state index in [9.17, 15) is 24.5 Å². The summed E-state index contributed by atoms with van der Waals surface area (Å²) in [6, 6.07) is 13.1. The van der Waals surface area contributed by atoms with Crippen molar-refractivity contribution in [2.45, 2.75) is 6.92 Å². The van der Waals surface area contributed by atoms with Gasteiger partial charge in [-0.15, -0.1) is 0 Å². The number of hydrogen-bond donors (Lipinski definition) is 1. The van der Waals surface area contributed by atoms with E-state index in [1.807, 2.05) is 0 Å². The fraction of sp³-hybridized carbons (Fsp3) is 0.0455. The number of nitrogens with zero attached hydrogens (tertiary/aromatic N) is 2. The van der Waals surface area contributed by atoms with E-state index in [0.29, 0.717) is 17.0 Å². The quantitative estimate of drug-likeness (QED) is 0.244. The lowest BCUT2D eigenvalue weighted by molar-refractivity contribution is -0.384. The van der Waals surface area contributed by atoms with Crippen LogP contribution in [0.3, 0.4) is 0 Å². The summed E-state index contributed by atoms with van der Waals surface area (Å²) in [5.41, 5.74) is 1.18. The predicted molar refractivity (Wildman–Crippen MR) is 119 cm³/mol. The Bertz CT molecular complexity index is 1310. The van der Waals surface area contributed by atoms with Gasteiger partial charge in [0, 0.05) is 22.2 Å². The van der Waals surface area contributed by atoms with Gasteiger partial charge in [-0.05, 0) is 55.0 Å². The molecule has 9 nitrogen and oxygen atoms in total. The standard InChI is InChI=1S/C22H14BrN3O6/c1-12-2-5-15(26(30)31)10-17(12)19-9-8-16(32-19)11-18-20(27)24-22(29)25(21(18)28)14-6-3-13(23)4-7-14/h2-11H,1H3,(H,24,27,29)/b18-11+. The number of nitro groups is 1. The molecule has 0 aliphatic carbocycles. The molecule has 1 aliphatic heterocycles. The highest BCUT2D eigenvalue weighted by atomic mass is 79.9. The second kappa shape index (κ2) is 8.23. The molecular weight excluding hydrogens is 482 g/mol. The van der Waals surface area contributed by atoms with Crippen molar-refractivity contribution >= 4 is 51.2 Å². The number of carbonyl (C=O) groups excluding carboxylic acids is 3. The lowest BCUT2D eigenvalue weighted by Gasteiger charge is -2.26. The Hall–Kier alpha value is -4.05. The number of urea groups is 1. The van der Waals surface area contributed by atoms with Crippen LogP contribution in [0.5, 0.6) is 0 Å². The number of non-ortho nitro benzene ring substituents is 1. The molecule has 0 spiro atoms. The normalized spacial score (nSPS) is 15.2. The minimum atomic E-state index is -0.855. The summed E-state index contributed by atoms with van der Waals surface area (Å²) in [5.74, 6) is -1.14. The average Bonchev–Trinajstić information content (AvgIpc) is 3.21. The van der Waals surface area contributed by atoms with Gasteiger partial charge < -0.3 is 4.42 Å². The molecule has 160 valence electrons. The van der Waals surface area contributed by atoms with Crippen LogP contribution < -0.4 is 10.2 Å². The van der Waals surface area contributed by atoms with Gasteiger partial charge in [0.05, 0.1) is 10.6 Å². The molecule has 1 N–H and O–H groups in total. The number of aryl methyl sites for hydroxylation is 1. The van der Waals surface area contributed by atoms with Crippen molar-refractivity contribution in [1.82, 2.24) is 5.32 Å². The van der Waals surface area contributed by atoms with E-state index in [1.165, 1.54) is 24.3 Å². The van der Waals surface area contributed by atoms with Crippen LogP contribution in [-0.2, 0) is 9.59 Å². The third-order valence-electron chi connectivity index (χ3n) is 4.80. The second-order valence-electron chi connectivity index (χ2n) is 6.89. The molecule has 0 saturated carbocycles. The van der Waals surface area contributed by atoms with Crippen molar-refractivity contribution < 1.29 is 23.7 Å². The summed E-state index contributed by atoms with van der Waals surface area (Å²) in [6.45, 7) is 1.78. The lowest BCUT2D eigenvalue weighted by atomic mass is 10.1. The fourth-order valence-electron chi connectivity index (χ4n) is 3.19. The van der Waals surface area contributed by atoms with Crippen LogP contribution in [0.4, 0.5) is 16.2 Å². The molecule has 4 rings (SSSR count). The maximum absolute atomic E-state index is 12.9. The van der Waals surface area contributed by atoms with E-state index in [1.54, 1.807) is 43.3 Å². The number of rotatable bonds is 4. The number of nitro benzene ring substituents is 1. The number of benzene rings is 2. The van der Waals surface area contributed by atoms with Crippen molar-refractivity contribution in [3.05, 3.63) is 86.1 Å². The number of amides is 4. The largest absolute Gasteiger partial charge is 0.457 e. The lowest BCUT2D eigenvalue weighted by Crippen LogP contribution is -2.54. The summed E-state index contributed by atoms with van der Waals surface area (Å²) in [5, 5.41) is 13.2. The van der Waals surface area contributed by atoms with Gasteiger partial charge >= 0.3 is 6.03 Å². The van der Waals surface area contributed by atoms with E-state index in [2.05, 4.69) is 21.2 Å². The van der Waals surface area contributed by atoms with Crippen LogP contribution in [0.15, 0.2) is 69.1 Å². The Morgan fingerprint density at radius 1 is 1.06 bits per heavy atom. The average molecular weight is 496 g/mol. The number of hydrogen-bond acceptors (Lipinski definition) is 6. The molecule has 0 unspecified atom stereocenters. The van der Waals surface area contributed by atoms with Gasteiger partial charge in [-0.1, -0.05) is 22.0 Å². The summed E-state index contributed by atoms with van der Waals surface area (Å²) in [6.07, 6.45) is 1.23. The third-order valence-corrected chi connectivity index (χ3v) is 5.33. The van der Waals surface area contributed by atoms with Gasteiger partial charge in [-0.2, -0.15) is 0 Å². The zero-order valence-corrected chi connectivity index (χ0v) is 18.1. The zero-order chi connectivity index (χ0) is 23.0. The zero-order valence-electron chi connectivity index (χ0n) is 16.5. The number of imide groups is 2. The van der Waals surface area contributed by atoms with Crippen molar-refractivity contribution in [3.8, 4) is 11.3 Å². The molecular formula is C22H14BrN3O6. The molecule has 0 bridgehead atoms. The summed E-state index contributed by atoms with van der Waals surface area (Å²) < 4.78 is 6.49. The van der Waals surface area contributed by atoms with E-state index in [4.69, 9.17) is 4.42 Å². The Labute approximate surface area is 189 Å². The highest BCUT2D eigenvalue weighted by Gasteiger charge is 2.37. The number of nitrogens with one attached hydrogen (secondary N) is 1. The first-order valence-electron chi connectivity index (χ1n) is 9.27. The van der Waals surface area contributed by atoms with Gasteiger partial charge in [-0.3, -0.25) is 25.0 Å². The van der Waals surface area contributed by atoms with Crippen molar-refractivity contribution in [2.75, 3.05) is 4.90 Å². The fourth-order valence-corrected chi connectivity index (χ4v) is 3.45. The molecule has 10 heteroatoms. The van der Waals surface area contributed by atoms with Crippen LogP contribution in [-0.4, -0.2) is 22.8 Å². The van der Waals surface area contributed by atoms with E-state index >= 15 is 0 Å². The molecule has 1 aromatic heterocycles. The minimum Gasteiger partial charge on any atom is -0.457 e. The molecule has 32 heavy (non-hydrogen) atoms. The minimum absolute atomic E-state index is 0.0904. The molecule has 4 amide bonds. The number of carbonyl (C=O) groups is 3. The topological polar surface area (TPSA) is 123 Å². The number of anilines is 1. The van der Waals surface area contributed by atoms with Crippen LogP contribution >= 0.6 is 15.9 Å².